The van der Waals surface area contributed by atoms with E-state index in [0.29, 0.717) is 25.7 Å². The van der Waals surface area contributed by atoms with Gasteiger partial charge in [0.05, 0.1) is 18.3 Å². The second kappa shape index (κ2) is 12.2. The summed E-state index contributed by atoms with van der Waals surface area (Å²) < 4.78 is 0. The highest BCUT2D eigenvalue weighted by Gasteiger charge is 2.39. The Kier molecular flexibility index (Phi) is 10.7. The van der Waals surface area contributed by atoms with E-state index in [1.54, 1.807) is 6.08 Å². The van der Waals surface area contributed by atoms with Crippen LogP contribution < -0.4 is 0 Å². The van der Waals surface area contributed by atoms with Crippen molar-refractivity contribution in [1.29, 1.82) is 0 Å². The molecule has 5 heteroatoms. The molecular formula is C20H34O5. The quantitative estimate of drug-likeness (QED) is 0.319. The summed E-state index contributed by atoms with van der Waals surface area (Å²) in [5.41, 5.74) is 0. The van der Waals surface area contributed by atoms with Crippen molar-refractivity contribution in [2.24, 2.45) is 11.8 Å². The molecule has 5 nitrogen and oxygen atoms in total. The zero-order chi connectivity index (χ0) is 18.7. The van der Waals surface area contributed by atoms with Crippen LogP contribution in [0.2, 0.25) is 0 Å². The molecule has 0 heterocycles. The molecule has 1 fully saturated rings. The Bertz CT molecular complexity index is 432. The number of carboxylic acid groups (broad SMARTS) is 1. The summed E-state index contributed by atoms with van der Waals surface area (Å²) in [6.45, 7) is 2.12. The fraction of sp³-hybridized carbons (Fsp3) is 0.750. The summed E-state index contributed by atoms with van der Waals surface area (Å²) in [6, 6.07) is 0. The van der Waals surface area contributed by atoms with Gasteiger partial charge >= 0.3 is 5.97 Å². The summed E-state index contributed by atoms with van der Waals surface area (Å²) in [7, 11) is 0. The maximum atomic E-state index is 10.5. The van der Waals surface area contributed by atoms with Crippen LogP contribution in [-0.4, -0.2) is 44.7 Å². The Morgan fingerprint density at radius 2 is 1.92 bits per heavy atom. The smallest absolute Gasteiger partial charge is 0.303 e. The van der Waals surface area contributed by atoms with Gasteiger partial charge in [-0.25, -0.2) is 0 Å². The number of carboxylic acids is 1. The molecule has 0 radical (unpaired) electrons. The minimum absolute atomic E-state index is 0.0650. The number of aliphatic hydroxyl groups is 3. The van der Waals surface area contributed by atoms with E-state index in [2.05, 4.69) is 6.92 Å². The fourth-order valence-corrected chi connectivity index (χ4v) is 3.41. The molecular weight excluding hydrogens is 320 g/mol. The van der Waals surface area contributed by atoms with E-state index in [9.17, 15) is 20.1 Å². The third-order valence-electron chi connectivity index (χ3n) is 4.91. The number of hydrogen-bond donors (Lipinski definition) is 4. The molecule has 5 atom stereocenters. The normalized spacial score (nSPS) is 28.2. The average molecular weight is 354 g/mol. The number of carbonyl (C=O) groups is 1. The summed E-state index contributed by atoms with van der Waals surface area (Å²) in [5.74, 6) is -1.00. The number of rotatable bonds is 12. The Labute approximate surface area is 151 Å². The van der Waals surface area contributed by atoms with Gasteiger partial charge in [0.25, 0.3) is 0 Å². The monoisotopic (exact) mass is 354 g/mol. The van der Waals surface area contributed by atoms with Crippen molar-refractivity contribution in [1.82, 2.24) is 0 Å². The largest absolute Gasteiger partial charge is 0.481 e. The van der Waals surface area contributed by atoms with Gasteiger partial charge in [0, 0.05) is 18.8 Å². The topological polar surface area (TPSA) is 98.0 Å². The predicted molar refractivity (Wildman–Crippen MR) is 98.1 cm³/mol. The molecule has 1 rings (SSSR count). The Hall–Kier alpha value is -1.17. The van der Waals surface area contributed by atoms with Gasteiger partial charge in [-0.3, -0.25) is 4.79 Å². The third-order valence-corrected chi connectivity index (χ3v) is 4.91. The third kappa shape index (κ3) is 8.66. The lowest BCUT2D eigenvalue weighted by Gasteiger charge is -2.19. The van der Waals surface area contributed by atoms with E-state index >= 15 is 0 Å². The lowest BCUT2D eigenvalue weighted by Crippen LogP contribution is -2.20. The van der Waals surface area contributed by atoms with Gasteiger partial charge in [-0.15, -0.1) is 0 Å². The highest BCUT2D eigenvalue weighted by Crippen LogP contribution is 2.36. The van der Waals surface area contributed by atoms with E-state index in [-0.39, 0.29) is 18.3 Å². The minimum Gasteiger partial charge on any atom is -0.481 e. The SMILES string of the molecule is CCCCC[C@H](O)C=C[C@@H]1[C@@H](C/C=C\CCCC(=O)O)[C@@H](O)C[C@H]1O. The second-order valence-corrected chi connectivity index (χ2v) is 7.05. The Morgan fingerprint density at radius 3 is 2.60 bits per heavy atom. The zero-order valence-corrected chi connectivity index (χ0v) is 15.3. The molecule has 1 aliphatic carbocycles. The molecule has 0 aromatic carbocycles. The van der Waals surface area contributed by atoms with Crippen molar-refractivity contribution in [3.63, 3.8) is 0 Å². The van der Waals surface area contributed by atoms with Crippen molar-refractivity contribution in [2.75, 3.05) is 0 Å². The minimum atomic E-state index is -0.787. The van der Waals surface area contributed by atoms with E-state index < -0.39 is 24.3 Å². The Balaban J connectivity index is 2.46. The number of aliphatic hydroxyl groups excluding tert-OH is 3. The van der Waals surface area contributed by atoms with Crippen LogP contribution in [0.3, 0.4) is 0 Å². The molecule has 0 saturated heterocycles. The molecule has 0 aromatic rings. The summed E-state index contributed by atoms with van der Waals surface area (Å²) in [4.78, 5) is 10.5. The highest BCUT2D eigenvalue weighted by atomic mass is 16.4. The first kappa shape index (κ1) is 21.9. The van der Waals surface area contributed by atoms with Gasteiger partial charge in [0.1, 0.15) is 0 Å². The molecule has 0 bridgehead atoms. The summed E-state index contributed by atoms with van der Waals surface area (Å²) in [6.07, 6.45) is 12.3. The highest BCUT2D eigenvalue weighted by molar-refractivity contribution is 5.66. The maximum Gasteiger partial charge on any atom is 0.303 e. The van der Waals surface area contributed by atoms with Gasteiger partial charge in [0.15, 0.2) is 0 Å². The molecule has 1 saturated carbocycles. The van der Waals surface area contributed by atoms with Crippen molar-refractivity contribution in [3.8, 4) is 0 Å². The van der Waals surface area contributed by atoms with Gasteiger partial charge in [0.2, 0.25) is 0 Å². The number of allylic oxidation sites excluding steroid dienone is 2. The molecule has 0 aromatic heterocycles. The van der Waals surface area contributed by atoms with Crippen LogP contribution >= 0.6 is 0 Å². The van der Waals surface area contributed by atoms with E-state index in [4.69, 9.17) is 5.11 Å². The number of aliphatic carboxylic acids is 1. The van der Waals surface area contributed by atoms with Crippen molar-refractivity contribution < 1.29 is 25.2 Å². The lowest BCUT2D eigenvalue weighted by molar-refractivity contribution is -0.137. The Morgan fingerprint density at radius 1 is 1.16 bits per heavy atom. The van der Waals surface area contributed by atoms with Crippen LogP contribution in [0.1, 0.15) is 64.7 Å². The van der Waals surface area contributed by atoms with E-state index in [1.807, 2.05) is 18.2 Å². The lowest BCUT2D eigenvalue weighted by atomic mass is 9.89. The molecule has 0 aliphatic heterocycles. The van der Waals surface area contributed by atoms with E-state index in [0.717, 1.165) is 25.7 Å². The van der Waals surface area contributed by atoms with Crippen LogP contribution in [0.5, 0.6) is 0 Å². The fourth-order valence-electron chi connectivity index (χ4n) is 3.41. The standard InChI is InChI=1S/C20H34O5/c1-2-3-6-9-15(21)12-13-17-16(18(22)14-19(17)23)10-7-4-5-8-11-20(24)25/h4,7,12-13,15-19,21-23H,2-3,5-6,8-11,14H2,1H3,(H,24,25)/b7-4-,13-12?/t15-,16+,17+,18-,19+/m0/s1. The van der Waals surface area contributed by atoms with Crippen LogP contribution in [0.15, 0.2) is 24.3 Å². The molecule has 0 unspecified atom stereocenters. The van der Waals surface area contributed by atoms with Gasteiger partial charge in [-0.1, -0.05) is 50.5 Å². The van der Waals surface area contributed by atoms with Crippen LogP contribution in [0.4, 0.5) is 0 Å². The zero-order valence-electron chi connectivity index (χ0n) is 15.3. The van der Waals surface area contributed by atoms with Gasteiger partial charge in [-0.05, 0) is 31.6 Å². The molecule has 0 spiro atoms. The summed E-state index contributed by atoms with van der Waals surface area (Å²) >= 11 is 0. The van der Waals surface area contributed by atoms with Gasteiger partial charge in [-0.2, -0.15) is 0 Å². The van der Waals surface area contributed by atoms with E-state index in [1.165, 1.54) is 0 Å². The number of unbranched alkanes of at least 4 members (excludes halogenated alkanes) is 3. The molecule has 4 N–H and O–H groups in total. The van der Waals surface area contributed by atoms with Crippen molar-refractivity contribution >= 4 is 5.97 Å². The first-order valence-corrected chi connectivity index (χ1v) is 9.55. The molecule has 1 aliphatic rings. The summed E-state index contributed by atoms with van der Waals surface area (Å²) in [5, 5.41) is 39.0. The van der Waals surface area contributed by atoms with Crippen LogP contribution in [0.25, 0.3) is 0 Å². The van der Waals surface area contributed by atoms with Crippen molar-refractivity contribution in [2.45, 2.75) is 83.0 Å². The molecule has 0 amide bonds. The van der Waals surface area contributed by atoms with Gasteiger partial charge < -0.3 is 20.4 Å². The van der Waals surface area contributed by atoms with Crippen LogP contribution in [0, 0.1) is 11.8 Å². The first-order chi connectivity index (χ1) is 12.0. The average Bonchev–Trinajstić information content (AvgIpc) is 2.82. The maximum absolute atomic E-state index is 10.5. The second-order valence-electron chi connectivity index (χ2n) is 7.05. The van der Waals surface area contributed by atoms with Crippen LogP contribution in [-0.2, 0) is 4.79 Å². The molecule has 25 heavy (non-hydrogen) atoms. The predicted octanol–water partition coefficient (Wildman–Crippen LogP) is 3.04. The number of hydrogen-bond acceptors (Lipinski definition) is 4. The molecule has 144 valence electrons. The first-order valence-electron chi connectivity index (χ1n) is 9.55. The van der Waals surface area contributed by atoms with Crippen molar-refractivity contribution in [3.05, 3.63) is 24.3 Å².